The van der Waals surface area contributed by atoms with Crippen LogP contribution in [0.1, 0.15) is 25.3 Å². The van der Waals surface area contributed by atoms with Gasteiger partial charge in [0.05, 0.1) is 11.3 Å². The number of nitriles is 1. The summed E-state index contributed by atoms with van der Waals surface area (Å²) in [6, 6.07) is 7.61. The van der Waals surface area contributed by atoms with Crippen molar-refractivity contribution in [3.05, 3.63) is 35.6 Å². The lowest BCUT2D eigenvalue weighted by Crippen LogP contribution is -2.51. The molecular formula is C18H19FN6O2. The topological polar surface area (TPSA) is 128 Å². The molecule has 0 aliphatic carbocycles. The summed E-state index contributed by atoms with van der Waals surface area (Å²) >= 11 is 0. The van der Waals surface area contributed by atoms with E-state index in [1.54, 1.807) is 18.2 Å². The Kier molecular flexibility index (Phi) is 5.07. The second-order valence-corrected chi connectivity index (χ2v) is 6.50. The van der Waals surface area contributed by atoms with Crippen molar-refractivity contribution in [2.45, 2.75) is 31.8 Å². The van der Waals surface area contributed by atoms with Crippen molar-refractivity contribution in [3.63, 3.8) is 0 Å². The average Bonchev–Trinajstić information content (AvgIpc) is 2.62. The highest BCUT2D eigenvalue weighted by atomic mass is 19.1. The molecule has 1 aromatic carbocycles. The van der Waals surface area contributed by atoms with Crippen molar-refractivity contribution in [2.75, 3.05) is 17.2 Å². The third-order valence-corrected chi connectivity index (χ3v) is 4.62. The van der Waals surface area contributed by atoms with Gasteiger partial charge in [-0.15, -0.1) is 0 Å². The molecule has 27 heavy (non-hydrogen) atoms. The Morgan fingerprint density at radius 3 is 2.85 bits per heavy atom. The Hall–Kier alpha value is -3.41. The number of carboxylic acid groups (broad SMARTS) is 1. The molecular weight excluding hydrogens is 351 g/mol. The molecule has 0 radical (unpaired) electrons. The number of benzene rings is 1. The third-order valence-electron chi connectivity index (χ3n) is 4.62. The molecule has 0 unspecified atom stereocenters. The predicted molar refractivity (Wildman–Crippen MR) is 97.5 cm³/mol. The summed E-state index contributed by atoms with van der Waals surface area (Å²) in [6.07, 6.45) is 0.457. The monoisotopic (exact) mass is 370 g/mol. The Morgan fingerprint density at radius 1 is 1.41 bits per heavy atom. The zero-order valence-electron chi connectivity index (χ0n) is 14.7. The number of nitrogens with zero attached hydrogens (tertiary/aromatic N) is 4. The second kappa shape index (κ2) is 7.45. The van der Waals surface area contributed by atoms with Crippen LogP contribution in [-0.4, -0.2) is 39.8 Å². The number of rotatable bonds is 3. The van der Waals surface area contributed by atoms with Gasteiger partial charge in [0, 0.05) is 30.3 Å². The molecule has 0 bridgehead atoms. The van der Waals surface area contributed by atoms with Gasteiger partial charge in [-0.25, -0.2) is 14.2 Å². The fourth-order valence-electron chi connectivity index (χ4n) is 3.23. The molecule has 140 valence electrons. The number of carbonyl (C=O) groups is 1. The van der Waals surface area contributed by atoms with Crippen LogP contribution in [-0.2, 0) is 0 Å². The standard InChI is InChI=1S/C18H19FN6O2/c1-10-2-5-13(22-18(26)27)9-25(10)16-7-15(23-17(21)24-16)11-3-4-12(8-20)14(19)6-11/h3-4,6-7,10,13,22H,2,5,9H2,1H3,(H,26,27)(H2,21,23,24)/t10-,13+/m1/s1. The molecule has 9 heteroatoms. The molecule has 8 nitrogen and oxygen atoms in total. The number of hydrogen-bond donors (Lipinski definition) is 3. The number of aromatic nitrogens is 2. The van der Waals surface area contributed by atoms with Gasteiger partial charge < -0.3 is 21.1 Å². The van der Waals surface area contributed by atoms with Crippen molar-refractivity contribution in [3.8, 4) is 17.3 Å². The van der Waals surface area contributed by atoms with Gasteiger partial charge >= 0.3 is 6.09 Å². The molecule has 1 fully saturated rings. The van der Waals surface area contributed by atoms with Crippen LogP contribution in [0.5, 0.6) is 0 Å². The highest BCUT2D eigenvalue weighted by Crippen LogP contribution is 2.28. The SMILES string of the molecule is C[C@@H]1CC[C@H](NC(=O)O)CN1c1cc(-c2ccc(C#N)c(F)c2)nc(N)n1. The van der Waals surface area contributed by atoms with Crippen LogP contribution in [0.15, 0.2) is 24.3 Å². The minimum Gasteiger partial charge on any atom is -0.465 e. The lowest BCUT2D eigenvalue weighted by atomic mass is 9.99. The Morgan fingerprint density at radius 2 is 2.19 bits per heavy atom. The van der Waals surface area contributed by atoms with Gasteiger partial charge in [0.25, 0.3) is 0 Å². The number of piperidine rings is 1. The fourth-order valence-corrected chi connectivity index (χ4v) is 3.23. The maximum absolute atomic E-state index is 14.0. The van der Waals surface area contributed by atoms with Gasteiger partial charge in [0.1, 0.15) is 17.7 Å². The Balaban J connectivity index is 1.94. The van der Waals surface area contributed by atoms with E-state index < -0.39 is 11.9 Å². The zero-order valence-corrected chi connectivity index (χ0v) is 14.7. The van der Waals surface area contributed by atoms with E-state index in [4.69, 9.17) is 16.1 Å². The molecule has 1 saturated heterocycles. The summed E-state index contributed by atoms with van der Waals surface area (Å²) in [5, 5.41) is 20.3. The molecule has 1 amide bonds. The molecule has 0 spiro atoms. The molecule has 2 heterocycles. The first-order valence-electron chi connectivity index (χ1n) is 8.48. The molecule has 4 N–H and O–H groups in total. The van der Waals surface area contributed by atoms with Crippen molar-refractivity contribution >= 4 is 17.9 Å². The number of halogens is 1. The molecule has 2 aromatic rings. The number of anilines is 2. The first-order chi connectivity index (χ1) is 12.9. The summed E-state index contributed by atoms with van der Waals surface area (Å²) in [6.45, 7) is 2.47. The minimum atomic E-state index is -1.06. The normalized spacial score (nSPS) is 19.4. The van der Waals surface area contributed by atoms with E-state index in [0.717, 1.165) is 12.8 Å². The molecule has 3 rings (SSSR count). The first-order valence-corrected chi connectivity index (χ1v) is 8.48. The summed E-state index contributed by atoms with van der Waals surface area (Å²) in [7, 11) is 0. The maximum atomic E-state index is 14.0. The molecule has 1 aromatic heterocycles. The van der Waals surface area contributed by atoms with Crippen molar-refractivity contribution < 1.29 is 14.3 Å². The van der Waals surface area contributed by atoms with Crippen LogP contribution in [0.2, 0.25) is 0 Å². The highest BCUT2D eigenvalue weighted by Gasteiger charge is 2.28. The van der Waals surface area contributed by atoms with Gasteiger partial charge in [-0.3, -0.25) is 0 Å². The van der Waals surface area contributed by atoms with E-state index in [1.807, 2.05) is 11.8 Å². The average molecular weight is 370 g/mol. The summed E-state index contributed by atoms with van der Waals surface area (Å²) in [5.41, 5.74) is 6.72. The van der Waals surface area contributed by atoms with E-state index in [9.17, 15) is 9.18 Å². The number of amides is 1. The summed E-state index contributed by atoms with van der Waals surface area (Å²) in [4.78, 5) is 21.3. The summed E-state index contributed by atoms with van der Waals surface area (Å²) < 4.78 is 14.0. The van der Waals surface area contributed by atoms with E-state index in [-0.39, 0.29) is 23.6 Å². The van der Waals surface area contributed by atoms with Crippen molar-refractivity contribution in [1.29, 1.82) is 5.26 Å². The molecule has 2 atom stereocenters. The van der Waals surface area contributed by atoms with Crippen molar-refractivity contribution in [1.82, 2.24) is 15.3 Å². The quantitative estimate of drug-likeness (QED) is 0.756. The van der Waals surface area contributed by atoms with Gasteiger partial charge in [0.15, 0.2) is 0 Å². The van der Waals surface area contributed by atoms with Crippen molar-refractivity contribution in [2.24, 2.45) is 0 Å². The molecule has 0 saturated carbocycles. The van der Waals surface area contributed by atoms with Crippen LogP contribution in [0.4, 0.5) is 21.0 Å². The number of hydrogen-bond acceptors (Lipinski definition) is 6. The van der Waals surface area contributed by atoms with Gasteiger partial charge in [-0.05, 0) is 31.9 Å². The maximum Gasteiger partial charge on any atom is 0.404 e. The zero-order chi connectivity index (χ0) is 19.6. The smallest absolute Gasteiger partial charge is 0.404 e. The number of nitrogen functional groups attached to an aromatic ring is 1. The van der Waals surface area contributed by atoms with Gasteiger partial charge in [-0.2, -0.15) is 10.2 Å². The Labute approximate surface area is 155 Å². The van der Waals surface area contributed by atoms with E-state index in [2.05, 4.69) is 15.3 Å². The largest absolute Gasteiger partial charge is 0.465 e. The second-order valence-electron chi connectivity index (χ2n) is 6.50. The molecule has 1 aliphatic heterocycles. The first kappa shape index (κ1) is 18.4. The fraction of sp³-hybridized carbons (Fsp3) is 0.333. The number of nitrogens with one attached hydrogen (secondary N) is 1. The van der Waals surface area contributed by atoms with Crippen LogP contribution in [0, 0.1) is 17.1 Å². The Bertz CT molecular complexity index is 913. The van der Waals surface area contributed by atoms with Gasteiger partial charge in [0.2, 0.25) is 5.95 Å². The highest BCUT2D eigenvalue weighted by molar-refractivity contribution is 5.67. The van der Waals surface area contributed by atoms with E-state index >= 15 is 0 Å². The predicted octanol–water partition coefficient (Wildman–Crippen LogP) is 2.36. The number of nitrogens with two attached hydrogens (primary N) is 1. The van der Waals surface area contributed by atoms with E-state index in [1.165, 1.54) is 12.1 Å². The summed E-state index contributed by atoms with van der Waals surface area (Å²) in [5.74, 6) is -0.0507. The lowest BCUT2D eigenvalue weighted by molar-refractivity contribution is 0.187. The van der Waals surface area contributed by atoms with Crippen LogP contribution in [0.3, 0.4) is 0 Å². The van der Waals surface area contributed by atoms with Crippen LogP contribution < -0.4 is 16.0 Å². The van der Waals surface area contributed by atoms with Gasteiger partial charge in [-0.1, -0.05) is 6.07 Å². The third kappa shape index (κ3) is 4.06. The minimum absolute atomic E-state index is 0.0350. The lowest BCUT2D eigenvalue weighted by Gasteiger charge is -2.38. The molecule has 1 aliphatic rings. The van der Waals surface area contributed by atoms with E-state index in [0.29, 0.717) is 23.6 Å². The van der Waals surface area contributed by atoms with Crippen LogP contribution >= 0.6 is 0 Å². The van der Waals surface area contributed by atoms with Crippen LogP contribution in [0.25, 0.3) is 11.3 Å².